The van der Waals surface area contributed by atoms with Gasteiger partial charge in [0.1, 0.15) is 21.4 Å². The van der Waals surface area contributed by atoms with E-state index in [4.69, 9.17) is 30.3 Å². The SMILES string of the molecule is CCCOc1c(SC#N)cc(OCP(=O)(O)O)c2nc(N)sc12. The Morgan fingerprint density at radius 2 is 2.26 bits per heavy atom. The van der Waals surface area contributed by atoms with E-state index in [9.17, 15) is 4.57 Å². The zero-order chi connectivity index (χ0) is 17.0. The molecule has 23 heavy (non-hydrogen) atoms. The number of thiazole rings is 1. The van der Waals surface area contributed by atoms with Crippen molar-refractivity contribution in [3.63, 3.8) is 0 Å². The molecule has 11 heteroatoms. The number of aromatic nitrogens is 1. The number of thiocyanates is 1. The summed E-state index contributed by atoms with van der Waals surface area (Å²) in [5.41, 5.74) is 6.09. The number of rotatable bonds is 7. The zero-order valence-electron chi connectivity index (χ0n) is 12.1. The highest BCUT2D eigenvalue weighted by Crippen LogP contribution is 2.46. The summed E-state index contributed by atoms with van der Waals surface area (Å²) in [5, 5.41) is 11.2. The standard InChI is InChI=1S/C12H14N3O5PS2/c1-2-3-19-10-8(22-5-13)4-7(20-6-21(16,17)18)9-11(10)23-12(14)15-9/h4H,2-3,6H2,1H3,(H2,14,15)(H2,16,17,18). The minimum Gasteiger partial charge on any atom is -0.491 e. The van der Waals surface area contributed by atoms with Gasteiger partial charge in [0.05, 0.1) is 11.5 Å². The molecule has 2 aromatic rings. The maximum Gasteiger partial charge on any atom is 0.362 e. The number of anilines is 1. The number of nitrogens with zero attached hydrogens (tertiary/aromatic N) is 2. The Morgan fingerprint density at radius 1 is 1.52 bits per heavy atom. The smallest absolute Gasteiger partial charge is 0.362 e. The Kier molecular flexibility index (Phi) is 5.73. The lowest BCUT2D eigenvalue weighted by atomic mass is 10.3. The van der Waals surface area contributed by atoms with Crippen LogP contribution in [-0.4, -0.2) is 27.7 Å². The van der Waals surface area contributed by atoms with Gasteiger partial charge in [0.25, 0.3) is 0 Å². The molecule has 0 atom stereocenters. The average Bonchev–Trinajstić information content (AvgIpc) is 2.85. The van der Waals surface area contributed by atoms with Crippen LogP contribution in [0, 0.1) is 10.7 Å². The van der Waals surface area contributed by atoms with E-state index in [0.29, 0.717) is 27.5 Å². The van der Waals surface area contributed by atoms with Crippen LogP contribution in [0.3, 0.4) is 0 Å². The molecular formula is C12H14N3O5PS2. The molecule has 0 amide bonds. The monoisotopic (exact) mass is 375 g/mol. The zero-order valence-corrected chi connectivity index (χ0v) is 14.6. The molecule has 2 rings (SSSR count). The first-order chi connectivity index (χ1) is 10.9. The van der Waals surface area contributed by atoms with Crippen LogP contribution in [0.2, 0.25) is 0 Å². The molecule has 1 heterocycles. The summed E-state index contributed by atoms with van der Waals surface area (Å²) in [6, 6.07) is 1.48. The van der Waals surface area contributed by atoms with Crippen LogP contribution in [0.5, 0.6) is 11.5 Å². The second-order valence-corrected chi connectivity index (χ2v) is 7.86. The van der Waals surface area contributed by atoms with Gasteiger partial charge in [-0.25, -0.2) is 4.98 Å². The maximum absolute atomic E-state index is 11.0. The normalized spacial score (nSPS) is 11.4. The van der Waals surface area contributed by atoms with Crippen molar-refractivity contribution in [2.75, 3.05) is 18.7 Å². The minimum absolute atomic E-state index is 0.151. The highest BCUT2D eigenvalue weighted by molar-refractivity contribution is 8.03. The summed E-state index contributed by atoms with van der Waals surface area (Å²) >= 11 is 2.03. The van der Waals surface area contributed by atoms with Crippen molar-refractivity contribution in [2.24, 2.45) is 0 Å². The van der Waals surface area contributed by atoms with Gasteiger partial charge in [-0.05, 0) is 18.2 Å². The third-order valence-corrected chi connectivity index (χ3v) is 4.53. The molecule has 0 fully saturated rings. The Balaban J connectivity index is 2.55. The second-order valence-electron chi connectivity index (χ2n) is 4.41. The van der Waals surface area contributed by atoms with Crippen LogP contribution >= 0.6 is 30.7 Å². The van der Waals surface area contributed by atoms with Crippen molar-refractivity contribution in [3.8, 4) is 16.9 Å². The van der Waals surface area contributed by atoms with Gasteiger partial charge >= 0.3 is 7.60 Å². The van der Waals surface area contributed by atoms with Crippen LogP contribution in [0.25, 0.3) is 10.2 Å². The molecule has 8 nitrogen and oxygen atoms in total. The third kappa shape index (κ3) is 4.50. The van der Waals surface area contributed by atoms with Crippen LogP contribution < -0.4 is 15.2 Å². The molecule has 0 radical (unpaired) electrons. The lowest BCUT2D eigenvalue weighted by Gasteiger charge is -2.13. The van der Waals surface area contributed by atoms with Crippen molar-refractivity contribution in [3.05, 3.63) is 6.07 Å². The molecule has 124 valence electrons. The molecule has 1 aromatic carbocycles. The summed E-state index contributed by atoms with van der Waals surface area (Å²) in [6.07, 6.45) is -0.00570. The molecule has 0 bridgehead atoms. The van der Waals surface area contributed by atoms with E-state index in [1.807, 2.05) is 12.3 Å². The molecule has 4 N–H and O–H groups in total. The van der Waals surface area contributed by atoms with Gasteiger partial charge < -0.3 is 25.0 Å². The first-order valence-electron chi connectivity index (χ1n) is 6.44. The average molecular weight is 375 g/mol. The predicted molar refractivity (Wildman–Crippen MR) is 88.8 cm³/mol. The van der Waals surface area contributed by atoms with Crippen LogP contribution in [0.4, 0.5) is 5.13 Å². The van der Waals surface area contributed by atoms with E-state index in [1.54, 1.807) is 0 Å². The van der Waals surface area contributed by atoms with E-state index in [-0.39, 0.29) is 10.9 Å². The number of fused-ring (bicyclic) bond motifs is 1. The number of nitrogens with two attached hydrogens (primary N) is 1. The fourth-order valence-electron chi connectivity index (χ4n) is 1.75. The van der Waals surface area contributed by atoms with E-state index in [0.717, 1.165) is 29.5 Å². The van der Waals surface area contributed by atoms with Gasteiger partial charge in [0.2, 0.25) is 0 Å². The minimum atomic E-state index is -4.34. The lowest BCUT2D eigenvalue weighted by Crippen LogP contribution is -2.01. The number of nitriles is 1. The lowest BCUT2D eigenvalue weighted by molar-refractivity contribution is 0.299. The summed E-state index contributed by atoms with van der Waals surface area (Å²) < 4.78 is 22.5. The number of benzene rings is 1. The number of ether oxygens (including phenoxy) is 2. The van der Waals surface area contributed by atoms with Gasteiger partial charge in [-0.1, -0.05) is 18.3 Å². The topological polar surface area (TPSA) is 139 Å². The summed E-state index contributed by atoms with van der Waals surface area (Å²) in [7, 11) is -4.34. The molecule has 0 aliphatic rings. The molecular weight excluding hydrogens is 361 g/mol. The first-order valence-corrected chi connectivity index (χ1v) is 9.88. The van der Waals surface area contributed by atoms with Gasteiger partial charge in [-0.3, -0.25) is 4.57 Å². The molecule has 0 saturated heterocycles. The van der Waals surface area contributed by atoms with Crippen molar-refractivity contribution in [2.45, 2.75) is 18.2 Å². The summed E-state index contributed by atoms with van der Waals surface area (Å²) in [4.78, 5) is 22.5. The Morgan fingerprint density at radius 3 is 2.87 bits per heavy atom. The van der Waals surface area contributed by atoms with Crippen molar-refractivity contribution >= 4 is 46.0 Å². The van der Waals surface area contributed by atoms with Gasteiger partial charge in [-0.2, -0.15) is 5.26 Å². The van der Waals surface area contributed by atoms with Gasteiger partial charge in [0, 0.05) is 6.07 Å². The van der Waals surface area contributed by atoms with Gasteiger partial charge in [0.15, 0.2) is 17.2 Å². The van der Waals surface area contributed by atoms with Crippen molar-refractivity contribution in [1.29, 1.82) is 5.26 Å². The van der Waals surface area contributed by atoms with Crippen molar-refractivity contribution < 1.29 is 23.8 Å². The Bertz CT molecular complexity index is 798. The fourth-order valence-corrected chi connectivity index (χ4v) is 3.49. The maximum atomic E-state index is 11.0. The highest BCUT2D eigenvalue weighted by atomic mass is 32.2. The molecule has 0 saturated carbocycles. The fraction of sp³-hybridized carbons (Fsp3) is 0.333. The highest BCUT2D eigenvalue weighted by Gasteiger charge is 2.21. The van der Waals surface area contributed by atoms with E-state index >= 15 is 0 Å². The number of thioether (sulfide) groups is 1. The Labute approximate surface area is 140 Å². The number of nitrogen functional groups attached to an aromatic ring is 1. The molecule has 1 aromatic heterocycles. The molecule has 0 unspecified atom stereocenters. The summed E-state index contributed by atoms with van der Waals surface area (Å²) in [6.45, 7) is 2.40. The van der Waals surface area contributed by atoms with Crippen molar-refractivity contribution in [1.82, 2.24) is 4.98 Å². The summed E-state index contributed by atoms with van der Waals surface area (Å²) in [5.74, 6) is 0.629. The van der Waals surface area contributed by atoms with E-state index < -0.39 is 13.9 Å². The first kappa shape index (κ1) is 17.8. The number of hydrogen-bond donors (Lipinski definition) is 3. The third-order valence-electron chi connectivity index (χ3n) is 2.56. The van der Waals surface area contributed by atoms with Crippen LogP contribution in [-0.2, 0) is 4.57 Å². The van der Waals surface area contributed by atoms with E-state index in [1.165, 1.54) is 6.07 Å². The molecule has 0 spiro atoms. The largest absolute Gasteiger partial charge is 0.491 e. The van der Waals surface area contributed by atoms with Crippen LogP contribution in [0.15, 0.2) is 11.0 Å². The van der Waals surface area contributed by atoms with E-state index in [2.05, 4.69) is 4.98 Å². The Hall–Kier alpha value is -1.50. The van der Waals surface area contributed by atoms with Crippen LogP contribution in [0.1, 0.15) is 13.3 Å². The molecule has 0 aliphatic carbocycles. The predicted octanol–water partition coefficient (Wildman–Crippen LogP) is 2.75. The second kappa shape index (κ2) is 7.38. The molecule has 0 aliphatic heterocycles. The quantitative estimate of drug-likeness (QED) is 0.378. The van der Waals surface area contributed by atoms with Gasteiger partial charge in [-0.15, -0.1) is 0 Å². The number of hydrogen-bond acceptors (Lipinski definition) is 8.